The van der Waals surface area contributed by atoms with Gasteiger partial charge in [0.15, 0.2) is 6.10 Å². The summed E-state index contributed by atoms with van der Waals surface area (Å²) >= 11 is 9.27. The number of hydrogen-bond donors (Lipinski definition) is 0. The third kappa shape index (κ3) is 3.23. The Morgan fingerprint density at radius 2 is 2.17 bits per heavy atom. The van der Waals surface area contributed by atoms with Gasteiger partial charge in [0, 0.05) is 5.56 Å². The molecule has 2 heterocycles. The maximum atomic E-state index is 12.9. The van der Waals surface area contributed by atoms with Crippen molar-refractivity contribution in [1.29, 1.82) is 0 Å². The Labute approximate surface area is 150 Å². The van der Waals surface area contributed by atoms with E-state index in [1.807, 2.05) is 0 Å². The van der Waals surface area contributed by atoms with E-state index in [-0.39, 0.29) is 23.9 Å². The van der Waals surface area contributed by atoms with E-state index in [9.17, 15) is 13.6 Å². The lowest BCUT2D eigenvalue weighted by molar-refractivity contribution is -0.125. The van der Waals surface area contributed by atoms with Gasteiger partial charge >= 0.3 is 0 Å². The van der Waals surface area contributed by atoms with E-state index in [1.165, 1.54) is 17.0 Å². The van der Waals surface area contributed by atoms with Gasteiger partial charge in [-0.3, -0.25) is 9.69 Å². The molecule has 0 radical (unpaired) electrons. The highest BCUT2D eigenvalue weighted by molar-refractivity contribution is 9.10. The minimum Gasteiger partial charge on any atom is -0.463 e. The monoisotopic (exact) mass is 416 g/mol. The average molecular weight is 418 g/mol. The van der Waals surface area contributed by atoms with Crippen LogP contribution in [-0.4, -0.2) is 17.0 Å². The van der Waals surface area contributed by atoms with Crippen molar-refractivity contribution in [3.05, 3.63) is 51.1 Å². The highest BCUT2D eigenvalue weighted by Crippen LogP contribution is 2.38. The van der Waals surface area contributed by atoms with E-state index in [1.54, 1.807) is 25.1 Å². The van der Waals surface area contributed by atoms with Gasteiger partial charge in [-0.05, 0) is 40.5 Å². The van der Waals surface area contributed by atoms with Crippen LogP contribution >= 0.6 is 27.5 Å². The second-order valence-corrected chi connectivity index (χ2v) is 6.47. The second kappa shape index (κ2) is 6.64. The molecule has 0 bridgehead atoms. The van der Waals surface area contributed by atoms with Crippen LogP contribution in [0.1, 0.15) is 24.5 Å². The molecule has 24 heavy (non-hydrogen) atoms. The molecule has 8 heteroatoms. The lowest BCUT2D eigenvalue weighted by Crippen LogP contribution is -2.44. The van der Waals surface area contributed by atoms with Crippen LogP contribution < -0.4 is 9.64 Å². The highest BCUT2D eigenvalue weighted by Gasteiger charge is 2.33. The number of aromatic nitrogens is 1. The Hall–Kier alpha value is -1.73. The minimum atomic E-state index is -2.57. The molecule has 1 amide bonds. The summed E-state index contributed by atoms with van der Waals surface area (Å²) in [6, 6.07) is 7.52. The Morgan fingerprint density at radius 1 is 1.42 bits per heavy atom. The molecule has 0 saturated carbocycles. The average Bonchev–Trinajstić information content (AvgIpc) is 2.54. The van der Waals surface area contributed by atoms with Crippen molar-refractivity contribution in [3.8, 4) is 5.88 Å². The molecule has 2 aromatic rings. The van der Waals surface area contributed by atoms with Crippen LogP contribution in [0.4, 0.5) is 14.5 Å². The molecule has 1 atom stereocenters. The van der Waals surface area contributed by atoms with Crippen molar-refractivity contribution in [3.63, 3.8) is 0 Å². The van der Waals surface area contributed by atoms with Gasteiger partial charge in [-0.2, -0.15) is 0 Å². The predicted molar refractivity (Wildman–Crippen MR) is 89.6 cm³/mol. The quantitative estimate of drug-likeness (QED) is 0.677. The van der Waals surface area contributed by atoms with Crippen molar-refractivity contribution in [1.82, 2.24) is 4.98 Å². The number of nitrogens with zero attached hydrogens (tertiary/aromatic N) is 2. The summed E-state index contributed by atoms with van der Waals surface area (Å²) in [5.41, 5.74) is 0.905. The summed E-state index contributed by atoms with van der Waals surface area (Å²) in [6.45, 7) is 1.73. The van der Waals surface area contributed by atoms with Gasteiger partial charge in [0.1, 0.15) is 10.3 Å². The van der Waals surface area contributed by atoms with Gasteiger partial charge in [-0.1, -0.05) is 29.8 Å². The summed E-state index contributed by atoms with van der Waals surface area (Å²) in [6.07, 6.45) is -3.29. The molecule has 126 valence electrons. The number of anilines is 1. The smallest absolute Gasteiger partial charge is 0.268 e. The Balaban J connectivity index is 1.99. The summed E-state index contributed by atoms with van der Waals surface area (Å²) in [7, 11) is 0. The molecule has 0 fully saturated rings. The molecule has 1 aromatic heterocycles. The zero-order chi connectivity index (χ0) is 17.4. The van der Waals surface area contributed by atoms with Crippen LogP contribution in [0.3, 0.4) is 0 Å². The summed E-state index contributed by atoms with van der Waals surface area (Å²) in [4.78, 5) is 18.1. The molecule has 3 rings (SSSR count). The van der Waals surface area contributed by atoms with Crippen molar-refractivity contribution in [2.75, 3.05) is 4.90 Å². The molecule has 1 aromatic carbocycles. The van der Waals surface area contributed by atoms with Gasteiger partial charge in [0.2, 0.25) is 5.88 Å². The largest absolute Gasteiger partial charge is 0.463 e. The van der Waals surface area contributed by atoms with Gasteiger partial charge in [-0.25, -0.2) is 13.8 Å². The fourth-order valence-electron chi connectivity index (χ4n) is 2.45. The Kier molecular flexibility index (Phi) is 4.73. The summed E-state index contributed by atoms with van der Waals surface area (Å²) < 4.78 is 31.6. The van der Waals surface area contributed by atoms with E-state index >= 15 is 0 Å². The number of pyridine rings is 1. The molecule has 4 nitrogen and oxygen atoms in total. The third-order valence-corrected chi connectivity index (χ3v) is 4.74. The fraction of sp³-hybridized carbons (Fsp3) is 0.250. The third-order valence-electron chi connectivity index (χ3n) is 3.62. The normalized spacial score (nSPS) is 17.0. The Morgan fingerprint density at radius 3 is 2.88 bits per heavy atom. The molecule has 0 saturated heterocycles. The van der Waals surface area contributed by atoms with Crippen molar-refractivity contribution in [2.24, 2.45) is 0 Å². The minimum absolute atomic E-state index is 0.0894. The van der Waals surface area contributed by atoms with Gasteiger partial charge in [-0.15, -0.1) is 0 Å². The molecule has 1 aliphatic rings. The second-order valence-electron chi connectivity index (χ2n) is 5.32. The van der Waals surface area contributed by atoms with Crippen molar-refractivity contribution in [2.45, 2.75) is 26.0 Å². The first-order valence-electron chi connectivity index (χ1n) is 7.08. The molecule has 0 N–H and O–H groups in total. The topological polar surface area (TPSA) is 42.4 Å². The van der Waals surface area contributed by atoms with Gasteiger partial charge in [0.05, 0.1) is 11.6 Å². The number of carbonyl (C=O) groups is 1. The molecule has 0 spiro atoms. The van der Waals surface area contributed by atoms with E-state index < -0.39 is 12.5 Å². The van der Waals surface area contributed by atoms with Crippen LogP contribution in [0.25, 0.3) is 0 Å². The molecule has 0 aliphatic carbocycles. The first-order chi connectivity index (χ1) is 11.4. The number of alkyl halides is 2. The number of fused-ring (bicyclic) bond motifs is 1. The van der Waals surface area contributed by atoms with E-state index in [2.05, 4.69) is 20.9 Å². The van der Waals surface area contributed by atoms with Crippen LogP contribution in [0.2, 0.25) is 5.02 Å². The Bertz CT molecular complexity index is 804. The molecular weight excluding hydrogens is 406 g/mol. The van der Waals surface area contributed by atoms with Crippen LogP contribution in [-0.2, 0) is 11.3 Å². The van der Waals surface area contributed by atoms with E-state index in [4.69, 9.17) is 16.3 Å². The number of amides is 1. The van der Waals surface area contributed by atoms with Gasteiger partial charge in [0.25, 0.3) is 12.3 Å². The standard InChI is InChI=1S/C16H12BrClF2N2O2/c1-8-16(23)22(7-9-3-2-4-10(5-9)14(19)20)12-6-11(18)13(17)21-15(12)24-8/h2-6,8,14H,7H2,1H3/t8-/m1/s1. The van der Waals surface area contributed by atoms with Crippen LogP contribution in [0, 0.1) is 0 Å². The van der Waals surface area contributed by atoms with Crippen LogP contribution in [0.15, 0.2) is 34.9 Å². The zero-order valence-electron chi connectivity index (χ0n) is 12.5. The lowest BCUT2D eigenvalue weighted by Gasteiger charge is -2.32. The number of carbonyl (C=O) groups excluding carboxylic acids is 1. The fourth-order valence-corrected chi connectivity index (χ4v) is 2.87. The summed E-state index contributed by atoms with van der Waals surface area (Å²) in [5.74, 6) is -0.0199. The van der Waals surface area contributed by atoms with Crippen molar-refractivity contribution < 1.29 is 18.3 Å². The maximum absolute atomic E-state index is 12.9. The van der Waals surface area contributed by atoms with E-state index in [0.717, 1.165) is 0 Å². The summed E-state index contributed by atoms with van der Waals surface area (Å²) in [5, 5.41) is 0.325. The lowest BCUT2D eigenvalue weighted by atomic mass is 10.1. The molecule has 1 aliphatic heterocycles. The van der Waals surface area contributed by atoms with Crippen LogP contribution in [0.5, 0.6) is 5.88 Å². The number of halogens is 4. The van der Waals surface area contributed by atoms with E-state index in [0.29, 0.717) is 20.9 Å². The molecule has 0 unspecified atom stereocenters. The molecular formula is C16H12BrClF2N2O2. The number of hydrogen-bond acceptors (Lipinski definition) is 3. The predicted octanol–water partition coefficient (Wildman–Crippen LogP) is 4.75. The maximum Gasteiger partial charge on any atom is 0.268 e. The number of rotatable bonds is 3. The SMILES string of the molecule is C[C@H]1Oc2nc(Br)c(Cl)cc2N(Cc2cccc(C(F)F)c2)C1=O. The number of benzene rings is 1. The van der Waals surface area contributed by atoms with Gasteiger partial charge < -0.3 is 4.74 Å². The first kappa shape index (κ1) is 17.1. The number of ether oxygens (including phenoxy) is 1. The first-order valence-corrected chi connectivity index (χ1v) is 8.25. The zero-order valence-corrected chi connectivity index (χ0v) is 14.8. The highest BCUT2D eigenvalue weighted by atomic mass is 79.9. The van der Waals surface area contributed by atoms with Crippen molar-refractivity contribution >= 4 is 39.1 Å².